The molecule has 0 saturated heterocycles. The fourth-order valence-electron chi connectivity index (χ4n) is 2.06. The van der Waals surface area contributed by atoms with Gasteiger partial charge in [-0.25, -0.2) is 9.37 Å². The van der Waals surface area contributed by atoms with Crippen LogP contribution in [0.2, 0.25) is 0 Å². The molecule has 0 amide bonds. The summed E-state index contributed by atoms with van der Waals surface area (Å²) in [4.78, 5) is 4.56. The Kier molecular flexibility index (Phi) is 3.76. The third kappa shape index (κ3) is 2.86. The number of aryl methyl sites for hydroxylation is 1. The lowest BCUT2D eigenvalue weighted by atomic mass is 10.1. The zero-order valence-electron chi connectivity index (χ0n) is 11.2. The average Bonchev–Trinajstić information content (AvgIpc) is 2.85. The van der Waals surface area contributed by atoms with E-state index in [0.29, 0.717) is 18.7 Å². The van der Waals surface area contributed by atoms with Gasteiger partial charge in [-0.15, -0.1) is 11.3 Å². The molecule has 0 unspecified atom stereocenters. The van der Waals surface area contributed by atoms with Crippen molar-refractivity contribution in [3.05, 3.63) is 64.4 Å². The molecule has 0 aliphatic rings. The van der Waals surface area contributed by atoms with E-state index in [-0.39, 0.29) is 5.82 Å². The van der Waals surface area contributed by atoms with Crippen LogP contribution in [0.25, 0.3) is 10.2 Å². The van der Waals surface area contributed by atoms with E-state index in [4.69, 9.17) is 0 Å². The highest BCUT2D eigenvalue weighted by Crippen LogP contribution is 2.21. The monoisotopic (exact) mass is 286 g/mol. The molecule has 4 heteroatoms. The summed E-state index contributed by atoms with van der Waals surface area (Å²) < 4.78 is 14.6. The minimum Gasteiger partial charge on any atom is -0.306 e. The number of halogens is 1. The molecule has 0 spiro atoms. The molecule has 0 atom stereocenters. The standard InChI is InChI=1S/C16H15FN2S/c1-11-6-7-12(8-13(11)17)9-18-10-16-19-14-4-2-3-5-15(14)20-16/h2-8,18H,9-10H2,1H3. The summed E-state index contributed by atoms with van der Waals surface area (Å²) in [5.41, 5.74) is 2.67. The molecule has 1 heterocycles. The number of nitrogens with one attached hydrogen (secondary N) is 1. The van der Waals surface area contributed by atoms with Crippen LogP contribution in [-0.2, 0) is 13.1 Å². The summed E-state index contributed by atoms with van der Waals surface area (Å²) in [6, 6.07) is 13.5. The van der Waals surface area contributed by atoms with Crippen LogP contribution >= 0.6 is 11.3 Å². The van der Waals surface area contributed by atoms with Crippen molar-refractivity contribution in [3.8, 4) is 0 Å². The van der Waals surface area contributed by atoms with Crippen LogP contribution in [0.5, 0.6) is 0 Å². The maximum atomic E-state index is 13.4. The molecule has 3 rings (SSSR count). The van der Waals surface area contributed by atoms with Crippen molar-refractivity contribution >= 4 is 21.6 Å². The Bertz CT molecular complexity index is 703. The topological polar surface area (TPSA) is 24.9 Å². The molecule has 3 aromatic rings. The van der Waals surface area contributed by atoms with Gasteiger partial charge in [-0.1, -0.05) is 24.3 Å². The minimum atomic E-state index is -0.149. The summed E-state index contributed by atoms with van der Waals surface area (Å²) >= 11 is 1.69. The number of para-hydroxylation sites is 1. The van der Waals surface area contributed by atoms with Crippen molar-refractivity contribution in [1.82, 2.24) is 10.3 Å². The Balaban J connectivity index is 1.63. The number of hydrogen-bond donors (Lipinski definition) is 1. The maximum absolute atomic E-state index is 13.4. The smallest absolute Gasteiger partial charge is 0.126 e. The highest BCUT2D eigenvalue weighted by molar-refractivity contribution is 7.18. The first-order valence-corrected chi connectivity index (χ1v) is 7.34. The van der Waals surface area contributed by atoms with Gasteiger partial charge in [-0.2, -0.15) is 0 Å². The zero-order chi connectivity index (χ0) is 13.9. The van der Waals surface area contributed by atoms with Crippen molar-refractivity contribution in [2.45, 2.75) is 20.0 Å². The molecule has 20 heavy (non-hydrogen) atoms. The van der Waals surface area contributed by atoms with Crippen molar-refractivity contribution in [2.24, 2.45) is 0 Å². The number of rotatable bonds is 4. The van der Waals surface area contributed by atoms with E-state index in [2.05, 4.69) is 16.4 Å². The van der Waals surface area contributed by atoms with Crippen LogP contribution in [0.4, 0.5) is 4.39 Å². The van der Waals surface area contributed by atoms with Gasteiger partial charge in [-0.05, 0) is 36.2 Å². The van der Waals surface area contributed by atoms with Crippen LogP contribution in [-0.4, -0.2) is 4.98 Å². The molecule has 0 saturated carbocycles. The Morgan fingerprint density at radius 3 is 2.80 bits per heavy atom. The minimum absolute atomic E-state index is 0.149. The van der Waals surface area contributed by atoms with E-state index in [1.165, 1.54) is 4.70 Å². The van der Waals surface area contributed by atoms with E-state index in [9.17, 15) is 4.39 Å². The predicted molar refractivity (Wildman–Crippen MR) is 81.3 cm³/mol. The van der Waals surface area contributed by atoms with Gasteiger partial charge in [-0.3, -0.25) is 0 Å². The van der Waals surface area contributed by atoms with Crippen molar-refractivity contribution < 1.29 is 4.39 Å². The van der Waals surface area contributed by atoms with E-state index in [1.807, 2.05) is 30.3 Å². The van der Waals surface area contributed by atoms with Crippen molar-refractivity contribution in [1.29, 1.82) is 0 Å². The summed E-state index contributed by atoms with van der Waals surface area (Å²) in [5.74, 6) is -0.149. The first-order chi connectivity index (χ1) is 9.72. The SMILES string of the molecule is Cc1ccc(CNCc2nc3ccccc3s2)cc1F. The van der Waals surface area contributed by atoms with Gasteiger partial charge in [0.1, 0.15) is 10.8 Å². The number of nitrogens with zero attached hydrogens (tertiary/aromatic N) is 1. The second-order valence-electron chi connectivity index (χ2n) is 4.76. The van der Waals surface area contributed by atoms with Crippen LogP contribution in [0.1, 0.15) is 16.1 Å². The third-order valence-corrected chi connectivity index (χ3v) is 4.22. The van der Waals surface area contributed by atoms with E-state index < -0.39 is 0 Å². The molecule has 2 nitrogen and oxygen atoms in total. The van der Waals surface area contributed by atoms with Crippen LogP contribution in [0, 0.1) is 12.7 Å². The van der Waals surface area contributed by atoms with Gasteiger partial charge in [0.25, 0.3) is 0 Å². The number of aromatic nitrogens is 1. The van der Waals surface area contributed by atoms with Crippen LogP contribution in [0.15, 0.2) is 42.5 Å². The summed E-state index contributed by atoms with van der Waals surface area (Å²) in [5, 5.41) is 4.36. The fraction of sp³-hybridized carbons (Fsp3) is 0.188. The van der Waals surface area contributed by atoms with E-state index in [0.717, 1.165) is 16.1 Å². The van der Waals surface area contributed by atoms with Gasteiger partial charge in [0.2, 0.25) is 0 Å². The first-order valence-electron chi connectivity index (χ1n) is 6.52. The molecule has 0 fully saturated rings. The van der Waals surface area contributed by atoms with Crippen LogP contribution in [0.3, 0.4) is 0 Å². The fourth-order valence-corrected chi connectivity index (χ4v) is 2.99. The van der Waals surface area contributed by atoms with Crippen molar-refractivity contribution in [2.75, 3.05) is 0 Å². The molecule has 2 aromatic carbocycles. The predicted octanol–water partition coefficient (Wildman–Crippen LogP) is 4.03. The Labute approximate surface area is 121 Å². The largest absolute Gasteiger partial charge is 0.306 e. The molecular formula is C16H15FN2S. The lowest BCUT2D eigenvalue weighted by molar-refractivity contribution is 0.611. The molecule has 0 bridgehead atoms. The second kappa shape index (κ2) is 5.69. The molecule has 0 aliphatic carbocycles. The van der Waals surface area contributed by atoms with Gasteiger partial charge >= 0.3 is 0 Å². The number of benzene rings is 2. The lowest BCUT2D eigenvalue weighted by Gasteiger charge is -2.04. The van der Waals surface area contributed by atoms with Gasteiger partial charge in [0.05, 0.1) is 10.2 Å². The van der Waals surface area contributed by atoms with Gasteiger partial charge < -0.3 is 5.32 Å². The summed E-state index contributed by atoms with van der Waals surface area (Å²) in [7, 11) is 0. The maximum Gasteiger partial charge on any atom is 0.126 e. The molecule has 102 valence electrons. The Morgan fingerprint density at radius 1 is 1.15 bits per heavy atom. The lowest BCUT2D eigenvalue weighted by Crippen LogP contribution is -2.12. The first kappa shape index (κ1) is 13.2. The van der Waals surface area contributed by atoms with Crippen molar-refractivity contribution in [3.63, 3.8) is 0 Å². The van der Waals surface area contributed by atoms with Gasteiger partial charge in [0.15, 0.2) is 0 Å². The molecule has 0 radical (unpaired) electrons. The molecular weight excluding hydrogens is 271 g/mol. The van der Waals surface area contributed by atoms with Gasteiger partial charge in [0, 0.05) is 13.1 Å². The molecule has 0 aliphatic heterocycles. The molecule has 1 aromatic heterocycles. The average molecular weight is 286 g/mol. The molecule has 1 N–H and O–H groups in total. The summed E-state index contributed by atoms with van der Waals surface area (Å²) in [6.45, 7) is 3.12. The number of hydrogen-bond acceptors (Lipinski definition) is 3. The second-order valence-corrected chi connectivity index (χ2v) is 5.88. The van der Waals surface area contributed by atoms with E-state index >= 15 is 0 Å². The quantitative estimate of drug-likeness (QED) is 0.783. The Hall–Kier alpha value is -1.78. The highest BCUT2D eigenvalue weighted by atomic mass is 32.1. The third-order valence-electron chi connectivity index (χ3n) is 3.18. The normalized spacial score (nSPS) is 11.1. The zero-order valence-corrected chi connectivity index (χ0v) is 12.0. The van der Waals surface area contributed by atoms with Crippen LogP contribution < -0.4 is 5.32 Å². The van der Waals surface area contributed by atoms with E-state index in [1.54, 1.807) is 24.3 Å². The Morgan fingerprint density at radius 2 is 2.00 bits per heavy atom. The number of fused-ring (bicyclic) bond motifs is 1. The summed E-state index contributed by atoms with van der Waals surface area (Å²) in [6.07, 6.45) is 0. The number of thiazole rings is 1. The highest BCUT2D eigenvalue weighted by Gasteiger charge is 2.03.